The molecule has 1 heterocycles. The van der Waals surface area contributed by atoms with Crippen molar-refractivity contribution in [3.05, 3.63) is 18.1 Å². The van der Waals surface area contributed by atoms with E-state index >= 15 is 0 Å². The Hall–Kier alpha value is -1.16. The first kappa shape index (κ1) is 14.9. The van der Waals surface area contributed by atoms with Crippen LogP contribution in [0.2, 0.25) is 0 Å². The van der Waals surface area contributed by atoms with Gasteiger partial charge in [0, 0.05) is 24.9 Å². The Morgan fingerprint density at radius 2 is 2.11 bits per heavy atom. The molecule has 0 aliphatic heterocycles. The lowest BCUT2D eigenvalue weighted by Crippen LogP contribution is -2.08. The van der Waals surface area contributed by atoms with E-state index in [0.717, 1.165) is 50.3 Å². The molecule has 0 unspecified atom stereocenters. The van der Waals surface area contributed by atoms with E-state index in [0.29, 0.717) is 6.10 Å². The zero-order chi connectivity index (χ0) is 13.2. The van der Waals surface area contributed by atoms with Crippen LogP contribution >= 0.6 is 0 Å². The van der Waals surface area contributed by atoms with Crippen LogP contribution < -0.4 is 5.32 Å². The molecule has 0 aliphatic rings. The van der Waals surface area contributed by atoms with Gasteiger partial charge in [0.05, 0.1) is 6.10 Å². The predicted octanol–water partition coefficient (Wildman–Crippen LogP) is 3.05. The summed E-state index contributed by atoms with van der Waals surface area (Å²) < 4.78 is 5.49. The molecule has 102 valence electrons. The Morgan fingerprint density at radius 1 is 1.28 bits per heavy atom. The lowest BCUT2D eigenvalue weighted by molar-refractivity contribution is 0.0765. The average Bonchev–Trinajstić information content (AvgIpc) is 2.34. The third kappa shape index (κ3) is 6.55. The minimum atomic E-state index is 0.330. The number of unbranched alkanes of at least 4 members (excludes halogenated alkanes) is 1. The van der Waals surface area contributed by atoms with Gasteiger partial charge in [-0.2, -0.15) is 0 Å². The first-order valence-corrected chi connectivity index (χ1v) is 6.88. The topological polar surface area (TPSA) is 47.0 Å². The van der Waals surface area contributed by atoms with Gasteiger partial charge in [-0.05, 0) is 33.1 Å². The zero-order valence-electron chi connectivity index (χ0n) is 11.8. The molecule has 0 spiro atoms. The third-order valence-electron chi connectivity index (χ3n) is 2.56. The fourth-order valence-electron chi connectivity index (χ4n) is 1.65. The first-order chi connectivity index (χ1) is 8.72. The molecule has 0 fully saturated rings. The third-order valence-corrected chi connectivity index (χ3v) is 2.56. The molecular formula is C14H25N3O. The SMILES string of the molecule is CCCc1cc(NCCCCOC(C)C)ncn1. The summed E-state index contributed by atoms with van der Waals surface area (Å²) in [7, 11) is 0. The van der Waals surface area contributed by atoms with Crippen molar-refractivity contribution in [3.8, 4) is 0 Å². The minimum Gasteiger partial charge on any atom is -0.379 e. The van der Waals surface area contributed by atoms with Gasteiger partial charge in [-0.25, -0.2) is 9.97 Å². The Balaban J connectivity index is 2.16. The number of hydrogen-bond donors (Lipinski definition) is 1. The second-order valence-electron chi connectivity index (χ2n) is 4.70. The molecular weight excluding hydrogens is 226 g/mol. The lowest BCUT2D eigenvalue weighted by Gasteiger charge is -2.08. The molecule has 1 N–H and O–H groups in total. The Morgan fingerprint density at radius 3 is 2.83 bits per heavy atom. The van der Waals surface area contributed by atoms with E-state index in [1.165, 1.54) is 0 Å². The van der Waals surface area contributed by atoms with Gasteiger partial charge in [0.2, 0.25) is 0 Å². The molecule has 0 aromatic carbocycles. The number of hydrogen-bond acceptors (Lipinski definition) is 4. The van der Waals surface area contributed by atoms with Crippen LogP contribution in [0.1, 0.15) is 45.7 Å². The molecule has 0 radical (unpaired) electrons. The number of ether oxygens (including phenoxy) is 1. The molecule has 1 aromatic heterocycles. The van der Waals surface area contributed by atoms with Crippen LogP contribution in [0.5, 0.6) is 0 Å². The van der Waals surface area contributed by atoms with E-state index in [2.05, 4.69) is 36.1 Å². The summed E-state index contributed by atoms with van der Waals surface area (Å²) in [6.45, 7) is 8.06. The second kappa shape index (κ2) is 8.86. The monoisotopic (exact) mass is 251 g/mol. The molecule has 4 heteroatoms. The van der Waals surface area contributed by atoms with E-state index in [1.54, 1.807) is 6.33 Å². The van der Waals surface area contributed by atoms with Crippen LogP contribution in [-0.2, 0) is 11.2 Å². The highest BCUT2D eigenvalue weighted by Gasteiger charge is 1.98. The quantitative estimate of drug-likeness (QED) is 0.685. The van der Waals surface area contributed by atoms with Crippen molar-refractivity contribution >= 4 is 5.82 Å². The maximum atomic E-state index is 5.49. The molecule has 1 aromatic rings. The predicted molar refractivity (Wildman–Crippen MR) is 74.8 cm³/mol. The maximum Gasteiger partial charge on any atom is 0.129 e. The molecule has 4 nitrogen and oxygen atoms in total. The molecule has 0 saturated carbocycles. The molecule has 0 saturated heterocycles. The average molecular weight is 251 g/mol. The van der Waals surface area contributed by atoms with E-state index in [1.807, 2.05) is 6.07 Å². The largest absolute Gasteiger partial charge is 0.379 e. The van der Waals surface area contributed by atoms with Gasteiger partial charge in [-0.3, -0.25) is 0 Å². The van der Waals surface area contributed by atoms with Gasteiger partial charge < -0.3 is 10.1 Å². The van der Waals surface area contributed by atoms with Crippen LogP contribution in [0.15, 0.2) is 12.4 Å². The Labute approximate surface area is 110 Å². The van der Waals surface area contributed by atoms with Crippen molar-refractivity contribution in [2.45, 2.75) is 52.6 Å². The van der Waals surface area contributed by atoms with Crippen molar-refractivity contribution < 1.29 is 4.74 Å². The highest BCUT2D eigenvalue weighted by molar-refractivity contribution is 5.34. The van der Waals surface area contributed by atoms with E-state index in [-0.39, 0.29) is 0 Å². The number of anilines is 1. The van der Waals surface area contributed by atoms with Crippen molar-refractivity contribution in [2.24, 2.45) is 0 Å². The molecule has 0 atom stereocenters. The summed E-state index contributed by atoms with van der Waals surface area (Å²) in [4.78, 5) is 8.45. The van der Waals surface area contributed by atoms with Gasteiger partial charge in [0.15, 0.2) is 0 Å². The molecule has 1 rings (SSSR count). The number of aryl methyl sites for hydroxylation is 1. The fourth-order valence-corrected chi connectivity index (χ4v) is 1.65. The first-order valence-electron chi connectivity index (χ1n) is 6.88. The van der Waals surface area contributed by atoms with E-state index in [9.17, 15) is 0 Å². The number of aromatic nitrogens is 2. The summed E-state index contributed by atoms with van der Waals surface area (Å²) in [5.74, 6) is 0.929. The Kier molecular flexibility index (Phi) is 7.34. The highest BCUT2D eigenvalue weighted by Crippen LogP contribution is 2.06. The van der Waals surface area contributed by atoms with Gasteiger partial charge in [0.25, 0.3) is 0 Å². The number of rotatable bonds is 9. The van der Waals surface area contributed by atoms with Crippen molar-refractivity contribution in [1.82, 2.24) is 9.97 Å². The summed E-state index contributed by atoms with van der Waals surface area (Å²) in [6, 6.07) is 2.04. The zero-order valence-corrected chi connectivity index (χ0v) is 11.8. The van der Waals surface area contributed by atoms with E-state index in [4.69, 9.17) is 4.74 Å². The van der Waals surface area contributed by atoms with Gasteiger partial charge in [-0.15, -0.1) is 0 Å². The number of nitrogens with zero attached hydrogens (tertiary/aromatic N) is 2. The van der Waals surface area contributed by atoms with Crippen LogP contribution in [0.4, 0.5) is 5.82 Å². The van der Waals surface area contributed by atoms with Crippen LogP contribution in [0.25, 0.3) is 0 Å². The summed E-state index contributed by atoms with van der Waals surface area (Å²) >= 11 is 0. The molecule has 0 amide bonds. The van der Waals surface area contributed by atoms with Gasteiger partial charge in [0.1, 0.15) is 12.1 Å². The highest BCUT2D eigenvalue weighted by atomic mass is 16.5. The summed E-state index contributed by atoms with van der Waals surface area (Å²) in [5.41, 5.74) is 1.11. The van der Waals surface area contributed by atoms with Crippen LogP contribution in [0, 0.1) is 0 Å². The maximum absolute atomic E-state index is 5.49. The summed E-state index contributed by atoms with van der Waals surface area (Å²) in [6.07, 6.45) is 6.27. The Bertz CT molecular complexity index is 329. The van der Waals surface area contributed by atoms with Crippen molar-refractivity contribution in [1.29, 1.82) is 0 Å². The second-order valence-corrected chi connectivity index (χ2v) is 4.70. The lowest BCUT2D eigenvalue weighted by atomic mass is 10.2. The standard InChI is InChI=1S/C14H25N3O/c1-4-7-13-10-14(17-11-16-13)15-8-5-6-9-18-12(2)3/h10-12H,4-9H2,1-3H3,(H,15,16,17). The molecule has 18 heavy (non-hydrogen) atoms. The van der Waals surface area contributed by atoms with Crippen molar-refractivity contribution in [3.63, 3.8) is 0 Å². The molecule has 0 bridgehead atoms. The van der Waals surface area contributed by atoms with E-state index < -0.39 is 0 Å². The number of nitrogens with one attached hydrogen (secondary N) is 1. The normalized spacial score (nSPS) is 10.9. The molecule has 0 aliphatic carbocycles. The van der Waals surface area contributed by atoms with Crippen molar-refractivity contribution in [2.75, 3.05) is 18.5 Å². The van der Waals surface area contributed by atoms with Crippen LogP contribution in [-0.4, -0.2) is 29.2 Å². The summed E-state index contributed by atoms with van der Waals surface area (Å²) in [5, 5.41) is 3.32. The van der Waals surface area contributed by atoms with Crippen LogP contribution in [0.3, 0.4) is 0 Å². The van der Waals surface area contributed by atoms with Gasteiger partial charge in [-0.1, -0.05) is 13.3 Å². The smallest absolute Gasteiger partial charge is 0.129 e. The van der Waals surface area contributed by atoms with Gasteiger partial charge >= 0.3 is 0 Å². The fraction of sp³-hybridized carbons (Fsp3) is 0.714. The minimum absolute atomic E-state index is 0.330.